The van der Waals surface area contributed by atoms with E-state index in [0.717, 1.165) is 0 Å². The first-order valence-corrected chi connectivity index (χ1v) is 6.91. The van der Waals surface area contributed by atoms with Crippen molar-refractivity contribution in [2.24, 2.45) is 0 Å². The summed E-state index contributed by atoms with van der Waals surface area (Å²) in [7, 11) is 1.64. The van der Waals surface area contributed by atoms with E-state index in [1.165, 1.54) is 24.0 Å². The third-order valence-corrected chi connectivity index (χ3v) is 3.35. The molecule has 20 heavy (non-hydrogen) atoms. The quantitative estimate of drug-likeness (QED) is 0.770. The van der Waals surface area contributed by atoms with Crippen molar-refractivity contribution in [3.05, 3.63) is 28.0 Å². The van der Waals surface area contributed by atoms with Gasteiger partial charge in [-0.1, -0.05) is 15.9 Å². The van der Waals surface area contributed by atoms with Gasteiger partial charge >= 0.3 is 0 Å². The summed E-state index contributed by atoms with van der Waals surface area (Å²) in [6.07, 6.45) is 0. The maximum absolute atomic E-state index is 13.8. The molecule has 110 valence electrons. The van der Waals surface area contributed by atoms with Crippen LogP contribution in [-0.2, 0) is 4.79 Å². The molecular weight excluding hydrogens is 329 g/mol. The van der Waals surface area contributed by atoms with Crippen LogP contribution >= 0.6 is 15.9 Å². The number of amides is 1. The second-order valence-electron chi connectivity index (χ2n) is 4.71. The molecule has 0 N–H and O–H groups in total. The third-order valence-electron chi connectivity index (χ3n) is 2.90. The molecule has 0 saturated carbocycles. The minimum absolute atomic E-state index is 0.0214. The van der Waals surface area contributed by atoms with E-state index in [0.29, 0.717) is 4.47 Å². The Morgan fingerprint density at radius 3 is 2.50 bits per heavy atom. The van der Waals surface area contributed by atoms with E-state index in [2.05, 4.69) is 15.9 Å². The van der Waals surface area contributed by atoms with Gasteiger partial charge in [-0.15, -0.1) is 0 Å². The molecule has 0 aliphatic carbocycles. The number of carbonyl (C=O) groups is 2. The maximum atomic E-state index is 13.8. The van der Waals surface area contributed by atoms with Crippen LogP contribution in [0.25, 0.3) is 0 Å². The predicted octanol–water partition coefficient (Wildman–Crippen LogP) is 3.04. The van der Waals surface area contributed by atoms with Crippen molar-refractivity contribution in [1.29, 1.82) is 0 Å². The summed E-state index contributed by atoms with van der Waals surface area (Å²) in [6.45, 7) is 4.72. The number of likely N-dealkylation sites (N-methyl/N-ethyl adjacent to an activating group) is 1. The van der Waals surface area contributed by atoms with Crippen molar-refractivity contribution in [2.75, 3.05) is 13.7 Å². The molecule has 0 bridgehead atoms. The Hall–Kier alpha value is -1.43. The standard InChI is InChI=1S/C14H17BrFNO3/c1-8(2)17(4)13(19)7-20-14-11(9(3)18)5-10(15)6-12(14)16/h5-6,8H,7H2,1-4H3. The van der Waals surface area contributed by atoms with E-state index >= 15 is 0 Å². The van der Waals surface area contributed by atoms with Gasteiger partial charge in [0, 0.05) is 17.6 Å². The summed E-state index contributed by atoms with van der Waals surface area (Å²) in [5.74, 6) is -1.47. The molecule has 0 aliphatic rings. The number of hydrogen-bond acceptors (Lipinski definition) is 3. The van der Waals surface area contributed by atoms with E-state index in [-0.39, 0.29) is 35.7 Å². The van der Waals surface area contributed by atoms with Crippen LogP contribution < -0.4 is 4.74 Å². The number of rotatable bonds is 5. The zero-order valence-corrected chi connectivity index (χ0v) is 13.5. The monoisotopic (exact) mass is 345 g/mol. The topological polar surface area (TPSA) is 46.6 Å². The van der Waals surface area contributed by atoms with Gasteiger partial charge in [0.25, 0.3) is 5.91 Å². The number of halogens is 2. The van der Waals surface area contributed by atoms with Gasteiger partial charge in [0.15, 0.2) is 24.0 Å². The molecule has 0 atom stereocenters. The van der Waals surface area contributed by atoms with Gasteiger partial charge in [0.1, 0.15) is 0 Å². The number of nitrogens with zero attached hydrogens (tertiary/aromatic N) is 1. The Morgan fingerprint density at radius 2 is 2.00 bits per heavy atom. The molecule has 0 spiro atoms. The zero-order valence-electron chi connectivity index (χ0n) is 11.9. The van der Waals surface area contributed by atoms with Crippen LogP contribution in [0.5, 0.6) is 5.75 Å². The number of carbonyl (C=O) groups excluding carboxylic acids is 2. The smallest absolute Gasteiger partial charge is 0.260 e. The molecule has 1 aromatic carbocycles. The van der Waals surface area contributed by atoms with E-state index in [4.69, 9.17) is 4.74 Å². The molecule has 0 heterocycles. The van der Waals surface area contributed by atoms with Crippen LogP contribution in [0.4, 0.5) is 4.39 Å². The molecule has 4 nitrogen and oxygen atoms in total. The first-order valence-electron chi connectivity index (χ1n) is 6.12. The molecule has 1 aromatic rings. The van der Waals surface area contributed by atoms with Crippen LogP contribution in [0.3, 0.4) is 0 Å². The van der Waals surface area contributed by atoms with Gasteiger partial charge in [-0.2, -0.15) is 0 Å². The number of ketones is 1. The summed E-state index contributed by atoms with van der Waals surface area (Å²) in [6, 6.07) is 2.68. The molecule has 1 amide bonds. The number of benzene rings is 1. The molecule has 0 fully saturated rings. The second-order valence-corrected chi connectivity index (χ2v) is 5.62. The highest BCUT2D eigenvalue weighted by Gasteiger charge is 2.18. The van der Waals surface area contributed by atoms with Gasteiger partial charge in [-0.25, -0.2) is 4.39 Å². The van der Waals surface area contributed by atoms with Gasteiger partial charge in [-0.3, -0.25) is 9.59 Å². The fourth-order valence-corrected chi connectivity index (χ4v) is 1.92. The minimum Gasteiger partial charge on any atom is -0.480 e. The predicted molar refractivity (Wildman–Crippen MR) is 77.5 cm³/mol. The summed E-state index contributed by atoms with van der Waals surface area (Å²) in [5, 5.41) is 0. The lowest BCUT2D eigenvalue weighted by Crippen LogP contribution is -2.36. The molecule has 0 aliphatic heterocycles. The first-order chi connectivity index (χ1) is 9.23. The normalized spacial score (nSPS) is 10.6. The lowest BCUT2D eigenvalue weighted by atomic mass is 10.1. The number of ether oxygens (including phenoxy) is 1. The van der Waals surface area contributed by atoms with Crippen molar-refractivity contribution < 1.29 is 18.7 Å². The lowest BCUT2D eigenvalue weighted by Gasteiger charge is -2.21. The minimum atomic E-state index is -0.676. The fourth-order valence-electron chi connectivity index (χ4n) is 1.49. The zero-order chi connectivity index (χ0) is 15.4. The van der Waals surface area contributed by atoms with Crippen molar-refractivity contribution in [1.82, 2.24) is 4.90 Å². The highest BCUT2D eigenvalue weighted by atomic mass is 79.9. The largest absolute Gasteiger partial charge is 0.480 e. The van der Waals surface area contributed by atoms with Crippen LogP contribution in [-0.4, -0.2) is 36.3 Å². The van der Waals surface area contributed by atoms with Crippen LogP contribution in [0.2, 0.25) is 0 Å². The van der Waals surface area contributed by atoms with E-state index in [1.54, 1.807) is 7.05 Å². The van der Waals surface area contributed by atoms with Crippen molar-refractivity contribution in [3.63, 3.8) is 0 Å². The van der Waals surface area contributed by atoms with Crippen LogP contribution in [0, 0.1) is 5.82 Å². The Labute approximate surface area is 126 Å². The fraction of sp³-hybridized carbons (Fsp3) is 0.429. The summed E-state index contributed by atoms with van der Waals surface area (Å²) in [4.78, 5) is 24.8. The first kappa shape index (κ1) is 16.6. The second kappa shape index (κ2) is 6.83. The Bertz CT molecular complexity index is 531. The van der Waals surface area contributed by atoms with Crippen LogP contribution in [0.15, 0.2) is 16.6 Å². The summed E-state index contributed by atoms with van der Waals surface area (Å²) < 4.78 is 19.5. The Kier molecular flexibility index (Phi) is 5.68. The van der Waals surface area contributed by atoms with E-state index in [1.807, 2.05) is 13.8 Å². The van der Waals surface area contributed by atoms with E-state index < -0.39 is 5.82 Å². The SMILES string of the molecule is CC(=O)c1cc(Br)cc(F)c1OCC(=O)N(C)C(C)C. The molecule has 1 rings (SSSR count). The highest BCUT2D eigenvalue weighted by molar-refractivity contribution is 9.10. The number of hydrogen-bond donors (Lipinski definition) is 0. The third kappa shape index (κ3) is 4.03. The van der Waals surface area contributed by atoms with Gasteiger partial charge in [-0.05, 0) is 32.9 Å². The molecule has 0 saturated heterocycles. The highest BCUT2D eigenvalue weighted by Crippen LogP contribution is 2.27. The molecule has 0 radical (unpaired) electrons. The van der Waals surface area contributed by atoms with E-state index in [9.17, 15) is 14.0 Å². The van der Waals surface area contributed by atoms with Crippen molar-refractivity contribution >= 4 is 27.6 Å². The molecular formula is C14H17BrFNO3. The Morgan fingerprint density at radius 1 is 1.40 bits per heavy atom. The summed E-state index contributed by atoms with van der Waals surface area (Å²) in [5.41, 5.74) is 0.108. The van der Waals surface area contributed by atoms with Crippen LogP contribution in [0.1, 0.15) is 31.1 Å². The lowest BCUT2D eigenvalue weighted by molar-refractivity contribution is -0.133. The molecule has 0 unspecified atom stereocenters. The van der Waals surface area contributed by atoms with Gasteiger partial charge < -0.3 is 9.64 Å². The Balaban J connectivity index is 2.93. The van der Waals surface area contributed by atoms with Gasteiger partial charge in [0.2, 0.25) is 0 Å². The molecule has 0 aromatic heterocycles. The van der Waals surface area contributed by atoms with Gasteiger partial charge in [0.05, 0.1) is 5.56 Å². The summed E-state index contributed by atoms with van der Waals surface area (Å²) >= 11 is 3.11. The maximum Gasteiger partial charge on any atom is 0.260 e. The average molecular weight is 346 g/mol. The number of Topliss-reactive ketones (excluding diaryl/α,β-unsaturated/α-hetero) is 1. The van der Waals surface area contributed by atoms with Crippen molar-refractivity contribution in [3.8, 4) is 5.75 Å². The average Bonchev–Trinajstić information content (AvgIpc) is 2.35. The molecule has 6 heteroatoms. The van der Waals surface area contributed by atoms with Crippen molar-refractivity contribution in [2.45, 2.75) is 26.8 Å².